The van der Waals surface area contributed by atoms with Crippen LogP contribution in [-0.4, -0.2) is 51.1 Å². The van der Waals surface area contributed by atoms with E-state index >= 15 is 0 Å². The average Bonchev–Trinajstić information content (AvgIpc) is 2.83. The number of carboxylic acids is 1. The zero-order valence-corrected chi connectivity index (χ0v) is 10.8. The van der Waals surface area contributed by atoms with Gasteiger partial charge in [-0.05, 0) is 45.1 Å². The van der Waals surface area contributed by atoms with Crippen LogP contribution < -0.4 is 0 Å². The third-order valence-electron chi connectivity index (χ3n) is 3.77. The summed E-state index contributed by atoms with van der Waals surface area (Å²) in [5.74, 6) is -0.957. The quantitative estimate of drug-likeness (QED) is 0.883. The van der Waals surface area contributed by atoms with Crippen molar-refractivity contribution in [3.63, 3.8) is 0 Å². The van der Waals surface area contributed by atoms with E-state index in [0.29, 0.717) is 11.6 Å². The van der Waals surface area contributed by atoms with Gasteiger partial charge in [-0.25, -0.2) is 9.48 Å². The lowest BCUT2D eigenvalue weighted by atomic mass is 10.1. The van der Waals surface area contributed by atoms with Crippen molar-refractivity contribution < 1.29 is 9.90 Å². The van der Waals surface area contributed by atoms with Crippen molar-refractivity contribution in [2.24, 2.45) is 0 Å². The van der Waals surface area contributed by atoms with Crippen molar-refractivity contribution in [3.8, 4) is 0 Å². The molecule has 0 radical (unpaired) electrons. The molecule has 0 atom stereocenters. The minimum absolute atomic E-state index is 0.219. The van der Waals surface area contributed by atoms with Crippen LogP contribution in [0.2, 0.25) is 0 Å². The molecule has 6 heteroatoms. The molecule has 0 spiro atoms. The van der Waals surface area contributed by atoms with Gasteiger partial charge in [0.25, 0.3) is 0 Å². The first-order valence-corrected chi connectivity index (χ1v) is 6.42. The molecular weight excluding hydrogens is 244 g/mol. The van der Waals surface area contributed by atoms with E-state index in [-0.39, 0.29) is 5.56 Å². The molecule has 19 heavy (non-hydrogen) atoms. The summed E-state index contributed by atoms with van der Waals surface area (Å²) in [4.78, 5) is 13.4. The van der Waals surface area contributed by atoms with Crippen LogP contribution in [-0.2, 0) is 0 Å². The van der Waals surface area contributed by atoms with Crippen LogP contribution in [0.15, 0.2) is 18.2 Å². The molecule has 3 rings (SSSR count). The number of likely N-dealkylation sites (tertiary alicyclic amines) is 1. The number of carbonyl (C=O) groups is 1. The summed E-state index contributed by atoms with van der Waals surface area (Å²) >= 11 is 0. The Hall–Kier alpha value is -1.95. The number of benzene rings is 1. The smallest absolute Gasteiger partial charge is 0.338 e. The minimum Gasteiger partial charge on any atom is -0.478 e. The normalized spacial score (nSPS) is 17.9. The van der Waals surface area contributed by atoms with E-state index in [1.807, 2.05) is 10.7 Å². The van der Waals surface area contributed by atoms with E-state index in [9.17, 15) is 4.79 Å². The van der Waals surface area contributed by atoms with Crippen LogP contribution in [0.1, 0.15) is 29.2 Å². The summed E-state index contributed by atoms with van der Waals surface area (Å²) in [6.07, 6.45) is 2.04. The van der Waals surface area contributed by atoms with Gasteiger partial charge in [-0.1, -0.05) is 11.3 Å². The van der Waals surface area contributed by atoms with Crippen molar-refractivity contribution in [1.29, 1.82) is 0 Å². The highest BCUT2D eigenvalue weighted by Gasteiger charge is 2.22. The molecule has 1 fully saturated rings. The maximum absolute atomic E-state index is 11.2. The Balaban J connectivity index is 2.01. The maximum Gasteiger partial charge on any atom is 0.338 e. The number of fused-ring (bicyclic) bond motifs is 1. The first-order chi connectivity index (χ1) is 9.16. The van der Waals surface area contributed by atoms with Gasteiger partial charge >= 0.3 is 5.97 Å². The van der Waals surface area contributed by atoms with Gasteiger partial charge in [-0.2, -0.15) is 0 Å². The summed E-state index contributed by atoms with van der Waals surface area (Å²) in [5, 5.41) is 17.4. The molecular formula is C13H16N4O2. The van der Waals surface area contributed by atoms with Gasteiger partial charge in [0.05, 0.1) is 17.1 Å². The highest BCUT2D eigenvalue weighted by atomic mass is 16.4. The van der Waals surface area contributed by atoms with Crippen LogP contribution in [0.25, 0.3) is 11.0 Å². The van der Waals surface area contributed by atoms with Gasteiger partial charge in [0.2, 0.25) is 0 Å². The van der Waals surface area contributed by atoms with E-state index in [4.69, 9.17) is 5.11 Å². The monoisotopic (exact) mass is 260 g/mol. The molecule has 0 unspecified atom stereocenters. The number of nitrogens with zero attached hydrogens (tertiary/aromatic N) is 4. The number of piperidine rings is 1. The lowest BCUT2D eigenvalue weighted by molar-refractivity contribution is 0.0699. The Morgan fingerprint density at radius 1 is 1.37 bits per heavy atom. The summed E-state index contributed by atoms with van der Waals surface area (Å²) in [6, 6.07) is 5.52. The fraction of sp³-hybridized carbons (Fsp3) is 0.462. The number of hydrogen-bond donors (Lipinski definition) is 1. The first-order valence-electron chi connectivity index (χ1n) is 6.42. The second kappa shape index (κ2) is 4.62. The standard InChI is InChI=1S/C13H16N4O2/c1-16-7-5-9(6-8-16)17-11-4-2-3-10(13(18)19)12(11)14-15-17/h2-4,9H,5-8H2,1H3,(H,18,19). The van der Waals surface area contributed by atoms with Crippen LogP contribution in [0, 0.1) is 0 Å². The Morgan fingerprint density at radius 3 is 2.79 bits per heavy atom. The van der Waals surface area contributed by atoms with E-state index < -0.39 is 5.97 Å². The minimum atomic E-state index is -0.957. The molecule has 100 valence electrons. The first kappa shape index (κ1) is 12.1. The third kappa shape index (κ3) is 2.08. The van der Waals surface area contributed by atoms with E-state index in [1.165, 1.54) is 0 Å². The van der Waals surface area contributed by atoms with Gasteiger partial charge in [-0.15, -0.1) is 5.10 Å². The fourth-order valence-electron chi connectivity index (χ4n) is 2.64. The Bertz CT molecular complexity index is 614. The average molecular weight is 260 g/mol. The predicted octanol–water partition coefficient (Wildman–Crippen LogP) is 1.40. The fourth-order valence-corrected chi connectivity index (χ4v) is 2.64. The molecule has 1 aromatic heterocycles. The van der Waals surface area contributed by atoms with Crippen LogP contribution in [0.5, 0.6) is 0 Å². The molecule has 1 aliphatic heterocycles. The zero-order chi connectivity index (χ0) is 13.4. The number of rotatable bonds is 2. The van der Waals surface area contributed by atoms with E-state index in [2.05, 4.69) is 22.3 Å². The number of carboxylic acid groups (broad SMARTS) is 1. The molecule has 2 heterocycles. The number of hydrogen-bond acceptors (Lipinski definition) is 4. The third-order valence-corrected chi connectivity index (χ3v) is 3.77. The molecule has 0 saturated carbocycles. The summed E-state index contributed by atoms with van der Waals surface area (Å²) < 4.78 is 1.88. The van der Waals surface area contributed by atoms with Gasteiger partial charge in [0.1, 0.15) is 5.52 Å². The molecule has 1 aliphatic rings. The topological polar surface area (TPSA) is 71.2 Å². The molecule has 0 bridgehead atoms. The van der Waals surface area contributed by atoms with Crippen molar-refractivity contribution in [3.05, 3.63) is 23.8 Å². The van der Waals surface area contributed by atoms with Crippen molar-refractivity contribution >= 4 is 17.0 Å². The molecule has 0 aliphatic carbocycles. The Labute approximate surface area is 110 Å². The Morgan fingerprint density at radius 2 is 2.11 bits per heavy atom. The maximum atomic E-state index is 11.2. The van der Waals surface area contributed by atoms with Gasteiger partial charge in [0, 0.05) is 0 Å². The number of aromatic carboxylic acids is 1. The Kier molecular flexibility index (Phi) is 2.94. The summed E-state index contributed by atoms with van der Waals surface area (Å²) in [5.41, 5.74) is 1.51. The van der Waals surface area contributed by atoms with Crippen LogP contribution in [0.4, 0.5) is 0 Å². The molecule has 1 aromatic carbocycles. The second-order valence-electron chi connectivity index (χ2n) is 5.05. The molecule has 6 nitrogen and oxygen atoms in total. The summed E-state index contributed by atoms with van der Waals surface area (Å²) in [6.45, 7) is 2.06. The largest absolute Gasteiger partial charge is 0.478 e. The highest BCUT2D eigenvalue weighted by molar-refractivity contribution is 6.00. The van der Waals surface area contributed by atoms with Crippen LogP contribution >= 0.6 is 0 Å². The zero-order valence-electron chi connectivity index (χ0n) is 10.8. The molecule has 0 amide bonds. The van der Waals surface area contributed by atoms with Crippen molar-refractivity contribution in [1.82, 2.24) is 19.9 Å². The van der Waals surface area contributed by atoms with E-state index in [1.54, 1.807) is 12.1 Å². The van der Waals surface area contributed by atoms with E-state index in [0.717, 1.165) is 31.4 Å². The number of aromatic nitrogens is 3. The van der Waals surface area contributed by atoms with Crippen molar-refractivity contribution in [2.45, 2.75) is 18.9 Å². The second-order valence-corrected chi connectivity index (χ2v) is 5.05. The lowest BCUT2D eigenvalue weighted by Crippen LogP contribution is -2.31. The highest BCUT2D eigenvalue weighted by Crippen LogP contribution is 2.25. The summed E-state index contributed by atoms with van der Waals surface area (Å²) in [7, 11) is 2.11. The van der Waals surface area contributed by atoms with Crippen LogP contribution in [0.3, 0.4) is 0 Å². The molecule has 1 saturated heterocycles. The predicted molar refractivity (Wildman–Crippen MR) is 70.3 cm³/mol. The molecule has 1 N–H and O–H groups in total. The lowest BCUT2D eigenvalue weighted by Gasteiger charge is -2.29. The van der Waals surface area contributed by atoms with Gasteiger partial charge in [-0.3, -0.25) is 0 Å². The van der Waals surface area contributed by atoms with Gasteiger partial charge in [0.15, 0.2) is 0 Å². The molecule has 2 aromatic rings. The van der Waals surface area contributed by atoms with Crippen molar-refractivity contribution in [2.75, 3.05) is 20.1 Å². The SMILES string of the molecule is CN1CCC(n2nnc3c(C(=O)O)cccc32)CC1. The van der Waals surface area contributed by atoms with Gasteiger partial charge < -0.3 is 10.0 Å².